The van der Waals surface area contributed by atoms with E-state index in [2.05, 4.69) is 5.32 Å². The summed E-state index contributed by atoms with van der Waals surface area (Å²) < 4.78 is 0. The number of rotatable bonds is 5. The molecule has 1 aromatic rings. The Labute approximate surface area is 117 Å². The minimum Gasteiger partial charge on any atom is -0.481 e. The van der Waals surface area contributed by atoms with E-state index < -0.39 is 11.4 Å². The number of halogens is 1. The van der Waals surface area contributed by atoms with Crippen LogP contribution in [-0.4, -0.2) is 23.5 Å². The van der Waals surface area contributed by atoms with Crippen molar-refractivity contribution in [3.05, 3.63) is 34.3 Å². The van der Waals surface area contributed by atoms with Crippen LogP contribution in [0.3, 0.4) is 0 Å². The lowest BCUT2D eigenvalue weighted by molar-refractivity contribution is -0.147. The van der Waals surface area contributed by atoms with E-state index in [4.69, 9.17) is 16.7 Å². The third-order valence-electron chi connectivity index (χ3n) is 3.37. The van der Waals surface area contributed by atoms with Crippen LogP contribution in [0.25, 0.3) is 0 Å². The van der Waals surface area contributed by atoms with Gasteiger partial charge in [0.2, 0.25) is 0 Å². The van der Waals surface area contributed by atoms with Crippen molar-refractivity contribution < 1.29 is 14.7 Å². The second-order valence-corrected chi connectivity index (χ2v) is 5.27. The fourth-order valence-corrected chi connectivity index (χ4v) is 1.64. The Morgan fingerprint density at radius 3 is 2.53 bits per heavy atom. The summed E-state index contributed by atoms with van der Waals surface area (Å²) in [6, 6.07) is 5.00. The van der Waals surface area contributed by atoms with E-state index >= 15 is 0 Å². The van der Waals surface area contributed by atoms with Crippen molar-refractivity contribution in [2.24, 2.45) is 5.41 Å². The Morgan fingerprint density at radius 1 is 1.42 bits per heavy atom. The Kier molecular flexibility index (Phi) is 4.95. The van der Waals surface area contributed by atoms with E-state index in [1.54, 1.807) is 32.0 Å². The quantitative estimate of drug-likeness (QED) is 0.873. The number of nitrogens with one attached hydrogen (secondary N) is 1. The monoisotopic (exact) mass is 283 g/mol. The molecule has 0 radical (unpaired) electrons. The molecule has 19 heavy (non-hydrogen) atoms. The summed E-state index contributed by atoms with van der Waals surface area (Å²) in [6.07, 6.45) is 0.442. The minimum atomic E-state index is -0.954. The zero-order chi connectivity index (χ0) is 14.6. The van der Waals surface area contributed by atoms with E-state index in [1.807, 2.05) is 6.92 Å². The summed E-state index contributed by atoms with van der Waals surface area (Å²) >= 11 is 5.95. The maximum atomic E-state index is 11.9. The first kappa shape index (κ1) is 15.5. The largest absolute Gasteiger partial charge is 0.481 e. The molecule has 2 N–H and O–H groups in total. The van der Waals surface area contributed by atoms with Crippen molar-refractivity contribution in [3.8, 4) is 0 Å². The Morgan fingerprint density at radius 2 is 2.05 bits per heavy atom. The molecule has 0 aromatic heterocycles. The van der Waals surface area contributed by atoms with E-state index in [9.17, 15) is 9.59 Å². The number of carbonyl (C=O) groups excluding carboxylic acids is 1. The number of aliphatic carboxylic acids is 1. The van der Waals surface area contributed by atoms with Gasteiger partial charge in [-0.3, -0.25) is 9.59 Å². The molecule has 0 bridgehead atoms. The van der Waals surface area contributed by atoms with Crippen LogP contribution in [0.1, 0.15) is 36.2 Å². The number of carbonyl (C=O) groups is 2. The number of hydrogen-bond donors (Lipinski definition) is 2. The average molecular weight is 284 g/mol. The molecule has 0 aliphatic carbocycles. The van der Waals surface area contributed by atoms with Gasteiger partial charge in [0.1, 0.15) is 0 Å². The molecule has 5 heteroatoms. The van der Waals surface area contributed by atoms with E-state index in [1.165, 1.54) is 0 Å². The summed E-state index contributed by atoms with van der Waals surface area (Å²) in [5.74, 6) is -1.24. The van der Waals surface area contributed by atoms with Crippen LogP contribution in [0.4, 0.5) is 0 Å². The fraction of sp³-hybridized carbons (Fsp3) is 0.429. The van der Waals surface area contributed by atoms with Crippen LogP contribution in [0.5, 0.6) is 0 Å². The maximum absolute atomic E-state index is 11.9. The van der Waals surface area contributed by atoms with Gasteiger partial charge >= 0.3 is 5.97 Å². The molecule has 0 fully saturated rings. The number of carboxylic acid groups (broad SMARTS) is 1. The number of benzene rings is 1. The van der Waals surface area contributed by atoms with E-state index in [0.29, 0.717) is 17.0 Å². The van der Waals surface area contributed by atoms with Crippen LogP contribution in [0, 0.1) is 12.3 Å². The van der Waals surface area contributed by atoms with Crippen LogP contribution in [-0.2, 0) is 4.79 Å². The predicted molar refractivity (Wildman–Crippen MR) is 74.6 cm³/mol. The number of aryl methyl sites for hydroxylation is 1. The second-order valence-electron chi connectivity index (χ2n) is 4.87. The standard InChI is InChI=1S/C14H18ClNO3/c1-4-14(3,13(18)19)8-16-12(17)10-6-5-9(2)11(15)7-10/h5-7H,4,8H2,1-3H3,(H,16,17)(H,18,19). The highest BCUT2D eigenvalue weighted by atomic mass is 35.5. The fourth-order valence-electron chi connectivity index (χ4n) is 1.46. The lowest BCUT2D eigenvalue weighted by Gasteiger charge is -2.23. The third-order valence-corrected chi connectivity index (χ3v) is 3.78. The topological polar surface area (TPSA) is 66.4 Å². The molecule has 1 amide bonds. The van der Waals surface area contributed by atoms with Crippen LogP contribution in [0.2, 0.25) is 5.02 Å². The summed E-state index contributed by atoms with van der Waals surface area (Å²) in [5.41, 5.74) is 0.367. The highest BCUT2D eigenvalue weighted by Gasteiger charge is 2.31. The number of carboxylic acids is 1. The van der Waals surface area contributed by atoms with E-state index in [-0.39, 0.29) is 12.5 Å². The van der Waals surface area contributed by atoms with Crippen molar-refractivity contribution in [1.29, 1.82) is 0 Å². The van der Waals surface area contributed by atoms with Crippen LogP contribution in [0.15, 0.2) is 18.2 Å². The number of hydrogen-bond acceptors (Lipinski definition) is 2. The molecule has 1 unspecified atom stereocenters. The Balaban J connectivity index is 2.75. The van der Waals surface area contributed by atoms with Crippen molar-refractivity contribution >= 4 is 23.5 Å². The van der Waals surface area contributed by atoms with Gasteiger partial charge in [-0.15, -0.1) is 0 Å². The van der Waals surface area contributed by atoms with Crippen molar-refractivity contribution in [3.63, 3.8) is 0 Å². The van der Waals surface area contributed by atoms with Gasteiger partial charge in [-0.2, -0.15) is 0 Å². The molecule has 0 spiro atoms. The van der Waals surface area contributed by atoms with Crippen LogP contribution < -0.4 is 5.32 Å². The molecule has 4 nitrogen and oxygen atoms in total. The first-order valence-electron chi connectivity index (χ1n) is 6.08. The summed E-state index contributed by atoms with van der Waals surface area (Å²) in [6.45, 7) is 5.33. The smallest absolute Gasteiger partial charge is 0.311 e. The molecule has 0 saturated carbocycles. The summed E-state index contributed by atoms with van der Waals surface area (Å²) in [7, 11) is 0. The zero-order valence-electron chi connectivity index (χ0n) is 11.3. The van der Waals surface area contributed by atoms with Crippen molar-refractivity contribution in [1.82, 2.24) is 5.32 Å². The summed E-state index contributed by atoms with van der Waals surface area (Å²) in [5, 5.41) is 12.3. The first-order valence-corrected chi connectivity index (χ1v) is 6.45. The minimum absolute atomic E-state index is 0.0865. The first-order chi connectivity index (χ1) is 8.80. The Hall–Kier alpha value is -1.55. The molecule has 1 rings (SSSR count). The molecule has 0 saturated heterocycles. The molecular formula is C14H18ClNO3. The maximum Gasteiger partial charge on any atom is 0.311 e. The van der Waals surface area contributed by atoms with Gasteiger partial charge in [0.25, 0.3) is 5.91 Å². The molecule has 0 aliphatic heterocycles. The molecule has 104 valence electrons. The lowest BCUT2D eigenvalue weighted by atomic mass is 9.87. The SMILES string of the molecule is CCC(C)(CNC(=O)c1ccc(C)c(Cl)c1)C(=O)O. The van der Waals surface area contributed by atoms with Gasteiger partial charge < -0.3 is 10.4 Å². The van der Waals surface area contributed by atoms with Gasteiger partial charge in [-0.25, -0.2) is 0 Å². The van der Waals surface area contributed by atoms with Crippen molar-refractivity contribution in [2.75, 3.05) is 6.54 Å². The van der Waals surface area contributed by atoms with Gasteiger partial charge in [0, 0.05) is 17.1 Å². The molecular weight excluding hydrogens is 266 g/mol. The zero-order valence-corrected chi connectivity index (χ0v) is 12.0. The van der Waals surface area contributed by atoms with Gasteiger partial charge in [-0.05, 0) is 38.0 Å². The van der Waals surface area contributed by atoms with Crippen LogP contribution >= 0.6 is 11.6 Å². The average Bonchev–Trinajstić information content (AvgIpc) is 2.38. The highest BCUT2D eigenvalue weighted by molar-refractivity contribution is 6.31. The number of amides is 1. The molecule has 0 heterocycles. The highest BCUT2D eigenvalue weighted by Crippen LogP contribution is 2.21. The third kappa shape index (κ3) is 3.70. The Bertz CT molecular complexity index is 501. The van der Waals surface area contributed by atoms with Gasteiger partial charge in [-0.1, -0.05) is 24.6 Å². The van der Waals surface area contributed by atoms with Gasteiger partial charge in [0.15, 0.2) is 0 Å². The van der Waals surface area contributed by atoms with Crippen molar-refractivity contribution in [2.45, 2.75) is 27.2 Å². The molecule has 0 aliphatic rings. The lowest BCUT2D eigenvalue weighted by Crippen LogP contribution is -2.40. The normalized spacial score (nSPS) is 13.7. The predicted octanol–water partition coefficient (Wildman–Crippen LogP) is 2.88. The summed E-state index contributed by atoms with van der Waals surface area (Å²) in [4.78, 5) is 23.1. The molecule has 1 atom stereocenters. The van der Waals surface area contributed by atoms with Gasteiger partial charge in [0.05, 0.1) is 5.41 Å². The molecule has 1 aromatic carbocycles. The van der Waals surface area contributed by atoms with E-state index in [0.717, 1.165) is 5.56 Å². The second kappa shape index (κ2) is 6.06.